The lowest BCUT2D eigenvalue weighted by Crippen LogP contribution is -2.23. The van der Waals surface area contributed by atoms with E-state index in [2.05, 4.69) is 26.3 Å². The molecule has 7 heteroatoms. The maximum Gasteiger partial charge on any atom is 0.263 e. The fourth-order valence-electron chi connectivity index (χ4n) is 2.77. The van der Waals surface area contributed by atoms with Crippen LogP contribution in [0.3, 0.4) is 0 Å². The van der Waals surface area contributed by atoms with Gasteiger partial charge in [0, 0.05) is 6.07 Å². The minimum Gasteiger partial charge on any atom is -0.483 e. The molecular weight excluding hydrogens is 365 g/mol. The molecule has 1 aliphatic rings. The van der Waals surface area contributed by atoms with Gasteiger partial charge in [-0.15, -0.1) is 0 Å². The number of halogens is 2. The van der Waals surface area contributed by atoms with Crippen LogP contribution in [0.1, 0.15) is 31.7 Å². The van der Waals surface area contributed by atoms with Gasteiger partial charge in [0.05, 0.1) is 16.7 Å². The molecule has 1 amide bonds. The molecule has 0 radical (unpaired) electrons. The third-order valence-corrected chi connectivity index (χ3v) is 4.48. The predicted molar refractivity (Wildman–Crippen MR) is 88.0 cm³/mol. The Balaban J connectivity index is 1.58. The van der Waals surface area contributed by atoms with Crippen LogP contribution in [0.5, 0.6) is 5.75 Å². The van der Waals surface area contributed by atoms with E-state index in [1.54, 1.807) is 12.3 Å². The summed E-state index contributed by atoms with van der Waals surface area (Å²) in [6, 6.07) is 6.20. The zero-order valence-electron chi connectivity index (χ0n) is 12.5. The van der Waals surface area contributed by atoms with Crippen molar-refractivity contribution in [2.75, 3.05) is 11.9 Å². The maximum atomic E-state index is 13.0. The summed E-state index contributed by atoms with van der Waals surface area (Å²) in [5, 5.41) is 7.12. The average molecular weight is 382 g/mol. The summed E-state index contributed by atoms with van der Waals surface area (Å²) in [7, 11) is 0. The lowest BCUT2D eigenvalue weighted by molar-refractivity contribution is -0.118. The van der Waals surface area contributed by atoms with Crippen LogP contribution in [0, 0.1) is 5.82 Å². The summed E-state index contributed by atoms with van der Waals surface area (Å²) in [5.41, 5.74) is 0. The normalized spacial score (nSPS) is 14.9. The molecule has 1 saturated carbocycles. The molecular formula is C16H17BrFN3O2. The van der Waals surface area contributed by atoms with Gasteiger partial charge in [-0.05, 0) is 47.0 Å². The number of hydrogen-bond acceptors (Lipinski definition) is 3. The first kappa shape index (κ1) is 16.0. The van der Waals surface area contributed by atoms with Crippen molar-refractivity contribution < 1.29 is 13.9 Å². The van der Waals surface area contributed by atoms with Crippen molar-refractivity contribution in [3.8, 4) is 5.75 Å². The Hall–Kier alpha value is -1.89. The first-order valence-electron chi connectivity index (χ1n) is 7.54. The second-order valence-electron chi connectivity index (χ2n) is 5.51. The van der Waals surface area contributed by atoms with Gasteiger partial charge in [-0.3, -0.25) is 4.79 Å². The van der Waals surface area contributed by atoms with E-state index in [1.165, 1.54) is 31.0 Å². The molecule has 1 fully saturated rings. The summed E-state index contributed by atoms with van der Waals surface area (Å²) in [6.45, 7) is -0.153. The number of benzene rings is 1. The van der Waals surface area contributed by atoms with E-state index in [0.717, 1.165) is 12.8 Å². The number of hydrogen-bond donors (Lipinski definition) is 1. The van der Waals surface area contributed by atoms with Gasteiger partial charge in [-0.1, -0.05) is 12.8 Å². The van der Waals surface area contributed by atoms with E-state index < -0.39 is 0 Å². The molecule has 0 unspecified atom stereocenters. The van der Waals surface area contributed by atoms with Crippen molar-refractivity contribution in [2.24, 2.45) is 0 Å². The van der Waals surface area contributed by atoms with Crippen molar-refractivity contribution in [3.63, 3.8) is 0 Å². The van der Waals surface area contributed by atoms with Gasteiger partial charge in [-0.25, -0.2) is 9.07 Å². The highest BCUT2D eigenvalue weighted by atomic mass is 79.9. The molecule has 0 bridgehead atoms. The van der Waals surface area contributed by atoms with Gasteiger partial charge in [0.1, 0.15) is 17.4 Å². The molecule has 1 aliphatic carbocycles. The fourth-order valence-corrected chi connectivity index (χ4v) is 3.23. The zero-order valence-corrected chi connectivity index (χ0v) is 14.1. The third-order valence-electron chi connectivity index (χ3n) is 3.86. The van der Waals surface area contributed by atoms with Crippen molar-refractivity contribution in [1.82, 2.24) is 9.78 Å². The topological polar surface area (TPSA) is 56.1 Å². The molecule has 1 aromatic carbocycles. The number of rotatable bonds is 5. The number of nitrogens with one attached hydrogen (secondary N) is 1. The second kappa shape index (κ2) is 7.12. The van der Waals surface area contributed by atoms with Crippen LogP contribution in [-0.2, 0) is 4.79 Å². The molecule has 122 valence electrons. The van der Waals surface area contributed by atoms with E-state index in [4.69, 9.17) is 4.74 Å². The number of carbonyl (C=O) groups is 1. The highest BCUT2D eigenvalue weighted by Crippen LogP contribution is 2.31. The molecule has 0 spiro atoms. The standard InChI is InChI=1S/C16H17BrFN3O2/c17-13-9-11(18)5-6-14(13)23-10-16(22)20-15-7-8-19-21(15)12-3-1-2-4-12/h5-9,12H,1-4,10H2,(H,20,22). The van der Waals surface area contributed by atoms with Crippen LogP contribution in [0.2, 0.25) is 0 Å². The van der Waals surface area contributed by atoms with Crippen LogP contribution in [0.4, 0.5) is 10.2 Å². The van der Waals surface area contributed by atoms with Crippen LogP contribution in [0.15, 0.2) is 34.9 Å². The van der Waals surface area contributed by atoms with E-state index in [0.29, 0.717) is 22.1 Å². The molecule has 5 nitrogen and oxygen atoms in total. The summed E-state index contributed by atoms with van der Waals surface area (Å²) in [5.74, 6) is 0.463. The number of amides is 1. The van der Waals surface area contributed by atoms with Crippen LogP contribution >= 0.6 is 15.9 Å². The molecule has 1 heterocycles. The van der Waals surface area contributed by atoms with E-state index in [9.17, 15) is 9.18 Å². The largest absolute Gasteiger partial charge is 0.483 e. The molecule has 23 heavy (non-hydrogen) atoms. The molecule has 1 aromatic heterocycles. The van der Waals surface area contributed by atoms with Gasteiger partial charge in [0.15, 0.2) is 6.61 Å². The van der Waals surface area contributed by atoms with Gasteiger partial charge in [0.25, 0.3) is 5.91 Å². The van der Waals surface area contributed by atoms with Crippen molar-refractivity contribution >= 4 is 27.7 Å². The van der Waals surface area contributed by atoms with E-state index in [-0.39, 0.29) is 18.3 Å². The number of aromatic nitrogens is 2. The summed E-state index contributed by atoms with van der Waals surface area (Å²) < 4.78 is 20.8. The molecule has 0 atom stereocenters. The molecule has 3 rings (SSSR count). The van der Waals surface area contributed by atoms with Gasteiger partial charge >= 0.3 is 0 Å². The van der Waals surface area contributed by atoms with Crippen LogP contribution in [0.25, 0.3) is 0 Å². The molecule has 1 N–H and O–H groups in total. The fraction of sp³-hybridized carbons (Fsp3) is 0.375. The van der Waals surface area contributed by atoms with Crippen molar-refractivity contribution in [1.29, 1.82) is 0 Å². The SMILES string of the molecule is O=C(COc1ccc(F)cc1Br)Nc1ccnn1C1CCCC1. The first-order chi connectivity index (χ1) is 11.1. The monoisotopic (exact) mass is 381 g/mol. The Kier molecular flexibility index (Phi) is 4.95. The third kappa shape index (κ3) is 3.90. The van der Waals surface area contributed by atoms with E-state index >= 15 is 0 Å². The highest BCUT2D eigenvalue weighted by Gasteiger charge is 2.20. The zero-order chi connectivity index (χ0) is 16.2. The minimum atomic E-state index is -0.367. The Morgan fingerprint density at radius 2 is 2.17 bits per heavy atom. The maximum absolute atomic E-state index is 13.0. The van der Waals surface area contributed by atoms with Crippen molar-refractivity contribution in [2.45, 2.75) is 31.7 Å². The number of nitrogens with zero attached hydrogens (tertiary/aromatic N) is 2. The summed E-state index contributed by atoms with van der Waals surface area (Å²) >= 11 is 3.20. The lowest BCUT2D eigenvalue weighted by atomic mass is 10.2. The van der Waals surface area contributed by atoms with Gasteiger partial charge < -0.3 is 10.1 Å². The van der Waals surface area contributed by atoms with Crippen molar-refractivity contribution in [3.05, 3.63) is 40.8 Å². The van der Waals surface area contributed by atoms with Gasteiger partial charge in [-0.2, -0.15) is 5.10 Å². The predicted octanol–water partition coefficient (Wildman–Crippen LogP) is 3.92. The number of anilines is 1. The lowest BCUT2D eigenvalue weighted by Gasteiger charge is -2.15. The highest BCUT2D eigenvalue weighted by molar-refractivity contribution is 9.10. The number of carbonyl (C=O) groups excluding carboxylic acids is 1. The second-order valence-corrected chi connectivity index (χ2v) is 6.37. The molecule has 0 saturated heterocycles. The van der Waals surface area contributed by atoms with Crippen LogP contribution < -0.4 is 10.1 Å². The average Bonchev–Trinajstić information content (AvgIpc) is 3.17. The molecule has 2 aromatic rings. The Morgan fingerprint density at radius 1 is 1.39 bits per heavy atom. The quantitative estimate of drug-likeness (QED) is 0.853. The smallest absolute Gasteiger partial charge is 0.263 e. The van der Waals surface area contributed by atoms with Crippen LogP contribution in [-0.4, -0.2) is 22.3 Å². The number of ether oxygens (including phenoxy) is 1. The first-order valence-corrected chi connectivity index (χ1v) is 8.34. The molecule has 0 aliphatic heterocycles. The van der Waals surface area contributed by atoms with Gasteiger partial charge in [0.2, 0.25) is 0 Å². The minimum absolute atomic E-state index is 0.153. The summed E-state index contributed by atoms with van der Waals surface area (Å²) in [4.78, 5) is 12.1. The Bertz CT molecular complexity index is 698. The summed E-state index contributed by atoms with van der Waals surface area (Å²) in [6.07, 6.45) is 6.25. The Labute approximate surface area is 142 Å². The van der Waals surface area contributed by atoms with E-state index in [1.807, 2.05) is 4.68 Å². The Morgan fingerprint density at radius 3 is 2.91 bits per heavy atom.